The Kier molecular flexibility index (Phi) is 6.56. The lowest BCUT2D eigenvalue weighted by Gasteiger charge is -2.36. The number of carbonyl (C=O) groups is 3. The molecular weight excluding hydrogens is 408 g/mol. The number of amides is 2. The topological polar surface area (TPSA) is 95.7 Å². The first-order valence-electron chi connectivity index (χ1n) is 9.52. The van der Waals surface area contributed by atoms with Gasteiger partial charge in [-0.3, -0.25) is 19.7 Å². The van der Waals surface area contributed by atoms with Gasteiger partial charge in [0.1, 0.15) is 23.7 Å². The Hall–Kier alpha value is -3.13. The number of anilines is 1. The average molecular weight is 431 g/mol. The Morgan fingerprint density at radius 1 is 1.33 bits per heavy atom. The van der Waals surface area contributed by atoms with Gasteiger partial charge in [0.2, 0.25) is 11.8 Å². The molecule has 158 valence electrons. The summed E-state index contributed by atoms with van der Waals surface area (Å²) in [5, 5.41) is 7.22. The van der Waals surface area contributed by atoms with Gasteiger partial charge in [-0.25, -0.2) is 0 Å². The van der Waals surface area contributed by atoms with E-state index in [1.807, 2.05) is 6.07 Å². The van der Waals surface area contributed by atoms with Crippen LogP contribution in [0.3, 0.4) is 0 Å². The number of nitrogens with one attached hydrogen (secondary N) is 1. The molecule has 2 amide bonds. The molecule has 9 heteroatoms. The summed E-state index contributed by atoms with van der Waals surface area (Å²) in [6.45, 7) is 2.17. The number of rotatable bonds is 6. The van der Waals surface area contributed by atoms with Crippen LogP contribution in [0.5, 0.6) is 0 Å². The second kappa shape index (κ2) is 9.13. The van der Waals surface area contributed by atoms with Crippen molar-refractivity contribution in [3.63, 3.8) is 0 Å². The molecule has 1 aliphatic rings. The van der Waals surface area contributed by atoms with Crippen LogP contribution in [-0.4, -0.2) is 59.7 Å². The zero-order chi connectivity index (χ0) is 21.8. The lowest BCUT2D eigenvalue weighted by molar-refractivity contribution is -0.128. The lowest BCUT2D eigenvalue weighted by atomic mass is 10.00. The van der Waals surface area contributed by atoms with E-state index in [4.69, 9.17) is 16.1 Å². The van der Waals surface area contributed by atoms with Gasteiger partial charge in [-0.05, 0) is 31.9 Å². The standard InChI is InChI=1S/C21H23ClN4O4/c1-13(26-9-5-7-15(12-27)19(26)21(29)25(2)3)20(28)23-18-11-17(24-30-18)14-6-4-8-16(22)10-14/h4,6,8,10-13H,5,7,9H2,1-3H3,(H,23,28). The third-order valence-electron chi connectivity index (χ3n) is 4.91. The van der Waals surface area contributed by atoms with E-state index in [9.17, 15) is 14.4 Å². The molecule has 0 bridgehead atoms. The molecule has 1 aromatic heterocycles. The predicted molar refractivity (Wildman–Crippen MR) is 113 cm³/mol. The highest BCUT2D eigenvalue weighted by atomic mass is 35.5. The van der Waals surface area contributed by atoms with Gasteiger partial charge in [-0.1, -0.05) is 28.9 Å². The summed E-state index contributed by atoms with van der Waals surface area (Å²) >= 11 is 6.00. The van der Waals surface area contributed by atoms with Crippen LogP contribution in [0.4, 0.5) is 5.88 Å². The van der Waals surface area contributed by atoms with Gasteiger partial charge in [-0.15, -0.1) is 0 Å². The van der Waals surface area contributed by atoms with Gasteiger partial charge in [0.15, 0.2) is 0 Å². The van der Waals surface area contributed by atoms with Crippen molar-refractivity contribution in [1.82, 2.24) is 15.0 Å². The Bertz CT molecular complexity index is 998. The average Bonchev–Trinajstić information content (AvgIpc) is 3.20. The first-order chi connectivity index (χ1) is 14.3. The third kappa shape index (κ3) is 4.54. The molecule has 1 atom stereocenters. The van der Waals surface area contributed by atoms with Crippen LogP contribution in [0, 0.1) is 0 Å². The maximum Gasteiger partial charge on any atom is 0.270 e. The van der Waals surface area contributed by atoms with Crippen molar-refractivity contribution in [2.24, 2.45) is 0 Å². The van der Waals surface area contributed by atoms with Crippen LogP contribution < -0.4 is 5.32 Å². The van der Waals surface area contributed by atoms with Gasteiger partial charge in [0.25, 0.3) is 5.91 Å². The number of aldehydes is 1. The highest BCUT2D eigenvalue weighted by molar-refractivity contribution is 6.30. The third-order valence-corrected chi connectivity index (χ3v) is 5.15. The molecule has 1 N–H and O–H groups in total. The number of carbonyl (C=O) groups excluding carboxylic acids is 3. The highest BCUT2D eigenvalue weighted by Crippen LogP contribution is 2.27. The fourth-order valence-corrected chi connectivity index (χ4v) is 3.50. The summed E-state index contributed by atoms with van der Waals surface area (Å²) in [7, 11) is 3.22. The van der Waals surface area contributed by atoms with Crippen LogP contribution in [0.2, 0.25) is 5.02 Å². The van der Waals surface area contributed by atoms with E-state index in [1.54, 1.807) is 50.2 Å². The Morgan fingerprint density at radius 3 is 2.77 bits per heavy atom. The van der Waals surface area contributed by atoms with Crippen LogP contribution in [-0.2, 0) is 14.4 Å². The van der Waals surface area contributed by atoms with Crippen LogP contribution in [0.25, 0.3) is 11.3 Å². The molecule has 0 radical (unpaired) electrons. The van der Waals surface area contributed by atoms with Crippen LogP contribution >= 0.6 is 11.6 Å². The minimum absolute atomic E-state index is 0.180. The van der Waals surface area contributed by atoms with E-state index in [-0.39, 0.29) is 23.4 Å². The number of benzene rings is 1. The van der Waals surface area contributed by atoms with Crippen molar-refractivity contribution in [2.45, 2.75) is 25.8 Å². The highest BCUT2D eigenvalue weighted by Gasteiger charge is 2.33. The largest absolute Gasteiger partial charge is 0.355 e. The monoisotopic (exact) mass is 430 g/mol. The second-order valence-corrected chi connectivity index (χ2v) is 7.68. The zero-order valence-corrected chi connectivity index (χ0v) is 17.8. The number of likely N-dealkylation sites (N-methyl/N-ethyl adjacent to an activating group) is 1. The Balaban J connectivity index is 1.78. The zero-order valence-electron chi connectivity index (χ0n) is 17.0. The first kappa shape index (κ1) is 21.6. The van der Waals surface area contributed by atoms with Crippen molar-refractivity contribution in [3.8, 4) is 11.3 Å². The SMILES string of the molecule is CC(C(=O)Nc1cc(-c2cccc(Cl)c2)no1)N1CCCC(C=O)=C1C(=O)N(C)C. The molecule has 3 rings (SSSR count). The van der Waals surface area contributed by atoms with Crippen molar-refractivity contribution in [2.75, 3.05) is 26.0 Å². The quantitative estimate of drug-likeness (QED) is 0.708. The van der Waals surface area contributed by atoms with Crippen molar-refractivity contribution in [1.29, 1.82) is 0 Å². The van der Waals surface area contributed by atoms with E-state index >= 15 is 0 Å². The molecule has 0 spiro atoms. The maximum atomic E-state index is 12.8. The number of aromatic nitrogens is 1. The van der Waals surface area contributed by atoms with E-state index in [2.05, 4.69) is 10.5 Å². The second-order valence-electron chi connectivity index (χ2n) is 7.24. The van der Waals surface area contributed by atoms with Crippen molar-refractivity contribution < 1.29 is 18.9 Å². The predicted octanol–water partition coefficient (Wildman–Crippen LogP) is 2.96. The Morgan fingerprint density at radius 2 is 2.10 bits per heavy atom. The molecule has 1 aliphatic heterocycles. The fourth-order valence-electron chi connectivity index (χ4n) is 3.31. The Labute approximate surface area is 179 Å². The van der Waals surface area contributed by atoms with Gasteiger partial charge >= 0.3 is 0 Å². The minimum Gasteiger partial charge on any atom is -0.355 e. The smallest absolute Gasteiger partial charge is 0.270 e. The summed E-state index contributed by atoms with van der Waals surface area (Å²) < 4.78 is 5.24. The number of halogens is 1. The summed E-state index contributed by atoms with van der Waals surface area (Å²) in [5.41, 5.74) is 1.96. The number of hydrogen-bond acceptors (Lipinski definition) is 6. The summed E-state index contributed by atoms with van der Waals surface area (Å²) in [6, 6.07) is 8.03. The molecule has 2 heterocycles. The van der Waals surface area contributed by atoms with Gasteiger partial charge in [0.05, 0.1) is 0 Å². The molecule has 30 heavy (non-hydrogen) atoms. The first-order valence-corrected chi connectivity index (χ1v) is 9.89. The number of nitrogens with zero attached hydrogens (tertiary/aromatic N) is 3. The molecule has 8 nitrogen and oxygen atoms in total. The van der Waals surface area contributed by atoms with E-state index < -0.39 is 6.04 Å². The number of allylic oxidation sites excluding steroid dienone is 1. The van der Waals surface area contributed by atoms with E-state index in [1.165, 1.54) is 4.90 Å². The molecule has 0 aliphatic carbocycles. The molecular formula is C21H23ClN4O4. The van der Waals surface area contributed by atoms with E-state index in [0.717, 1.165) is 5.56 Å². The summed E-state index contributed by atoms with van der Waals surface area (Å²) in [4.78, 5) is 40.1. The maximum absolute atomic E-state index is 12.8. The fraction of sp³-hybridized carbons (Fsp3) is 0.333. The normalized spacial score (nSPS) is 15.0. The summed E-state index contributed by atoms with van der Waals surface area (Å²) in [5.74, 6) is -0.502. The van der Waals surface area contributed by atoms with Gasteiger partial charge in [-0.2, -0.15) is 0 Å². The number of hydrogen-bond donors (Lipinski definition) is 1. The molecule has 2 aromatic rings. The van der Waals surface area contributed by atoms with Gasteiger partial charge in [0, 0.05) is 42.9 Å². The van der Waals surface area contributed by atoms with Crippen molar-refractivity contribution >= 4 is 35.6 Å². The minimum atomic E-state index is -0.695. The molecule has 0 saturated carbocycles. The van der Waals surface area contributed by atoms with Gasteiger partial charge < -0.3 is 14.3 Å². The lowest BCUT2D eigenvalue weighted by Crippen LogP contribution is -2.47. The molecule has 1 aromatic carbocycles. The molecule has 0 saturated heterocycles. The molecule has 1 unspecified atom stereocenters. The molecule has 0 fully saturated rings. The van der Waals surface area contributed by atoms with Crippen LogP contribution in [0.1, 0.15) is 19.8 Å². The van der Waals surface area contributed by atoms with Crippen molar-refractivity contribution in [3.05, 3.63) is 46.6 Å². The van der Waals surface area contributed by atoms with E-state index in [0.29, 0.717) is 42.0 Å². The summed E-state index contributed by atoms with van der Waals surface area (Å²) in [6.07, 6.45) is 1.88. The van der Waals surface area contributed by atoms with Crippen LogP contribution in [0.15, 0.2) is 46.1 Å².